The number of hydrogen-bond acceptors (Lipinski definition) is 5. The van der Waals surface area contributed by atoms with Crippen molar-refractivity contribution in [1.29, 1.82) is 0 Å². The van der Waals surface area contributed by atoms with E-state index in [0.29, 0.717) is 13.2 Å². The maximum Gasteiger partial charge on any atom is 0.117 e. The van der Waals surface area contributed by atoms with Gasteiger partial charge < -0.3 is 9.84 Å². The lowest BCUT2D eigenvalue weighted by atomic mass is 9.90. The van der Waals surface area contributed by atoms with Crippen molar-refractivity contribution in [3.05, 3.63) is 30.6 Å². The summed E-state index contributed by atoms with van der Waals surface area (Å²) in [4.78, 5) is 8.57. The van der Waals surface area contributed by atoms with Crippen molar-refractivity contribution in [2.75, 3.05) is 25.6 Å². The highest BCUT2D eigenvalue weighted by atomic mass is 32.2. The van der Waals surface area contributed by atoms with Gasteiger partial charge in [0.05, 0.1) is 25.3 Å². The summed E-state index contributed by atoms with van der Waals surface area (Å²) in [5.41, 5.74) is 0.870. The van der Waals surface area contributed by atoms with Crippen molar-refractivity contribution in [1.82, 2.24) is 9.97 Å². The highest BCUT2D eigenvalue weighted by Gasteiger charge is 2.38. The minimum Gasteiger partial charge on any atom is -0.396 e. The molecule has 1 N–H and O–H groups in total. The first-order valence-electron chi connectivity index (χ1n) is 5.84. The number of fused-ring (bicyclic) bond motifs is 1. The van der Waals surface area contributed by atoms with Gasteiger partial charge in [0.25, 0.3) is 0 Å². The second kappa shape index (κ2) is 4.84. The molecule has 0 radical (unpaired) electrons. The SMILES string of the molecule is OCC1(CSc2ncnc3ccccc23)COC1. The first-order valence-corrected chi connectivity index (χ1v) is 6.83. The molecular weight excluding hydrogens is 248 g/mol. The Labute approximate surface area is 109 Å². The van der Waals surface area contributed by atoms with Gasteiger partial charge in [-0.2, -0.15) is 0 Å². The van der Waals surface area contributed by atoms with E-state index in [1.807, 2.05) is 24.3 Å². The van der Waals surface area contributed by atoms with Gasteiger partial charge in [0, 0.05) is 16.6 Å². The molecule has 0 unspecified atom stereocenters. The lowest BCUT2D eigenvalue weighted by Crippen LogP contribution is -2.47. The van der Waals surface area contributed by atoms with Crippen LogP contribution >= 0.6 is 11.8 Å². The second-order valence-corrected chi connectivity index (χ2v) is 5.60. The topological polar surface area (TPSA) is 55.2 Å². The summed E-state index contributed by atoms with van der Waals surface area (Å²) in [6.45, 7) is 1.45. The molecule has 1 aliphatic heterocycles. The van der Waals surface area contributed by atoms with Crippen LogP contribution in [0.15, 0.2) is 35.6 Å². The predicted octanol–water partition coefficient (Wildman–Crippen LogP) is 1.73. The van der Waals surface area contributed by atoms with Gasteiger partial charge in [0.2, 0.25) is 0 Å². The number of para-hydroxylation sites is 1. The zero-order valence-corrected chi connectivity index (χ0v) is 10.7. The number of rotatable bonds is 4. The molecular formula is C13H14N2O2S. The van der Waals surface area contributed by atoms with Crippen LogP contribution in [0.25, 0.3) is 10.9 Å². The molecule has 0 saturated carbocycles. The van der Waals surface area contributed by atoms with E-state index in [2.05, 4.69) is 9.97 Å². The summed E-state index contributed by atoms with van der Waals surface area (Å²) in [6.07, 6.45) is 1.59. The van der Waals surface area contributed by atoms with Gasteiger partial charge in [-0.05, 0) is 6.07 Å². The van der Waals surface area contributed by atoms with E-state index in [1.165, 1.54) is 0 Å². The lowest BCUT2D eigenvalue weighted by molar-refractivity contribution is -0.121. The number of ether oxygens (including phenoxy) is 1. The van der Waals surface area contributed by atoms with Gasteiger partial charge in [-0.15, -0.1) is 11.8 Å². The molecule has 1 aliphatic rings. The first kappa shape index (κ1) is 11.9. The molecule has 94 valence electrons. The van der Waals surface area contributed by atoms with Crippen LogP contribution < -0.4 is 0 Å². The fourth-order valence-electron chi connectivity index (χ4n) is 1.93. The van der Waals surface area contributed by atoms with Crippen LogP contribution in [0, 0.1) is 5.41 Å². The van der Waals surface area contributed by atoms with Crippen molar-refractivity contribution in [2.45, 2.75) is 5.03 Å². The Balaban J connectivity index is 1.82. The van der Waals surface area contributed by atoms with Crippen LogP contribution in [0.2, 0.25) is 0 Å². The van der Waals surface area contributed by atoms with E-state index in [9.17, 15) is 5.11 Å². The third-order valence-corrected chi connectivity index (χ3v) is 4.53. The zero-order chi connectivity index (χ0) is 12.4. The van der Waals surface area contributed by atoms with E-state index in [-0.39, 0.29) is 12.0 Å². The molecule has 18 heavy (non-hydrogen) atoms. The van der Waals surface area contributed by atoms with Crippen LogP contribution in [0.1, 0.15) is 0 Å². The van der Waals surface area contributed by atoms with Crippen molar-refractivity contribution >= 4 is 22.7 Å². The Kier molecular flexibility index (Phi) is 3.20. The molecule has 0 spiro atoms. The smallest absolute Gasteiger partial charge is 0.117 e. The number of benzene rings is 1. The molecule has 0 bridgehead atoms. The Bertz CT molecular complexity index is 547. The molecule has 1 aromatic carbocycles. The standard InChI is InChI=1S/C13H14N2O2S/c16-5-13(6-17-7-13)8-18-12-10-3-1-2-4-11(10)14-9-15-12/h1-4,9,16H,5-8H2. The van der Waals surface area contributed by atoms with Gasteiger partial charge in [-0.3, -0.25) is 0 Å². The van der Waals surface area contributed by atoms with Crippen LogP contribution in [0.4, 0.5) is 0 Å². The monoisotopic (exact) mass is 262 g/mol. The highest BCUT2D eigenvalue weighted by molar-refractivity contribution is 7.99. The maximum absolute atomic E-state index is 9.40. The number of thioether (sulfide) groups is 1. The molecule has 4 nitrogen and oxygen atoms in total. The largest absolute Gasteiger partial charge is 0.396 e. The Morgan fingerprint density at radius 1 is 1.28 bits per heavy atom. The number of aliphatic hydroxyl groups is 1. The maximum atomic E-state index is 9.40. The number of aliphatic hydroxyl groups excluding tert-OH is 1. The summed E-state index contributed by atoms with van der Waals surface area (Å²) < 4.78 is 5.20. The van der Waals surface area contributed by atoms with Gasteiger partial charge in [-0.25, -0.2) is 9.97 Å². The van der Waals surface area contributed by atoms with Gasteiger partial charge >= 0.3 is 0 Å². The second-order valence-electron chi connectivity index (χ2n) is 4.64. The predicted molar refractivity (Wildman–Crippen MR) is 70.6 cm³/mol. The normalized spacial score (nSPS) is 17.6. The fourth-order valence-corrected chi connectivity index (χ4v) is 3.08. The Morgan fingerprint density at radius 2 is 2.11 bits per heavy atom. The van der Waals surface area contributed by atoms with E-state index in [0.717, 1.165) is 21.7 Å². The minimum absolute atomic E-state index is 0.0866. The van der Waals surface area contributed by atoms with E-state index >= 15 is 0 Å². The summed E-state index contributed by atoms with van der Waals surface area (Å²) >= 11 is 1.67. The molecule has 0 aliphatic carbocycles. The highest BCUT2D eigenvalue weighted by Crippen LogP contribution is 2.35. The summed E-state index contributed by atoms with van der Waals surface area (Å²) in [7, 11) is 0. The van der Waals surface area contributed by atoms with Crippen LogP contribution in [0.5, 0.6) is 0 Å². The Hall–Kier alpha value is -1.17. The van der Waals surface area contributed by atoms with E-state index in [1.54, 1.807) is 18.1 Å². The van der Waals surface area contributed by atoms with Crippen molar-refractivity contribution in [3.63, 3.8) is 0 Å². The van der Waals surface area contributed by atoms with Crippen LogP contribution in [-0.4, -0.2) is 40.6 Å². The number of aromatic nitrogens is 2. The minimum atomic E-state index is -0.0866. The molecule has 1 fully saturated rings. The third kappa shape index (κ3) is 2.09. The fraction of sp³-hybridized carbons (Fsp3) is 0.385. The summed E-state index contributed by atoms with van der Waals surface area (Å²) in [6, 6.07) is 7.97. The molecule has 0 atom stereocenters. The van der Waals surface area contributed by atoms with Crippen LogP contribution in [-0.2, 0) is 4.74 Å². The number of hydrogen-bond donors (Lipinski definition) is 1. The number of nitrogens with zero attached hydrogens (tertiary/aromatic N) is 2. The molecule has 2 aromatic rings. The lowest BCUT2D eigenvalue weighted by Gasteiger charge is -2.39. The third-order valence-electron chi connectivity index (χ3n) is 3.17. The van der Waals surface area contributed by atoms with Crippen molar-refractivity contribution < 1.29 is 9.84 Å². The first-order chi connectivity index (χ1) is 8.83. The molecule has 2 heterocycles. The average molecular weight is 262 g/mol. The molecule has 1 saturated heterocycles. The molecule has 0 amide bonds. The van der Waals surface area contributed by atoms with E-state index < -0.39 is 0 Å². The van der Waals surface area contributed by atoms with Crippen molar-refractivity contribution in [3.8, 4) is 0 Å². The quantitative estimate of drug-likeness (QED) is 0.672. The average Bonchev–Trinajstić information content (AvgIpc) is 2.38. The zero-order valence-electron chi connectivity index (χ0n) is 9.87. The van der Waals surface area contributed by atoms with Crippen molar-refractivity contribution in [2.24, 2.45) is 5.41 Å². The van der Waals surface area contributed by atoms with Gasteiger partial charge in [0.15, 0.2) is 0 Å². The van der Waals surface area contributed by atoms with Crippen LogP contribution in [0.3, 0.4) is 0 Å². The van der Waals surface area contributed by atoms with Gasteiger partial charge in [-0.1, -0.05) is 18.2 Å². The summed E-state index contributed by atoms with van der Waals surface area (Å²) in [5, 5.41) is 11.4. The van der Waals surface area contributed by atoms with E-state index in [4.69, 9.17) is 4.74 Å². The molecule has 1 aromatic heterocycles. The van der Waals surface area contributed by atoms with Gasteiger partial charge in [0.1, 0.15) is 11.4 Å². The Morgan fingerprint density at radius 3 is 2.83 bits per heavy atom. The summed E-state index contributed by atoms with van der Waals surface area (Å²) in [5.74, 6) is 0.824. The molecule has 5 heteroatoms. The molecule has 3 rings (SSSR count).